The highest BCUT2D eigenvalue weighted by Crippen LogP contribution is 2.38. The molecule has 0 fully saturated rings. The molecule has 0 unspecified atom stereocenters. The fraction of sp³-hybridized carbons (Fsp3) is 0.667. The normalized spacial score (nSPS) is 14.9. The highest BCUT2D eigenvalue weighted by atomic mass is 32.1. The third-order valence-electron chi connectivity index (χ3n) is 3.19. The first-order valence-electron chi connectivity index (χ1n) is 7.04. The van der Waals surface area contributed by atoms with E-state index in [0.717, 1.165) is 24.9 Å². The summed E-state index contributed by atoms with van der Waals surface area (Å²) in [6.07, 6.45) is 5.34. The maximum Gasteiger partial charge on any atom is 0.412 e. The molecule has 1 aromatic rings. The van der Waals surface area contributed by atoms with Crippen molar-refractivity contribution < 1.29 is 9.53 Å². The van der Waals surface area contributed by atoms with E-state index < -0.39 is 5.60 Å². The molecule has 106 valence electrons. The van der Waals surface area contributed by atoms with Crippen LogP contribution in [0.15, 0.2) is 0 Å². The monoisotopic (exact) mass is 281 g/mol. The molecule has 0 saturated heterocycles. The Bertz CT molecular complexity index is 471. The van der Waals surface area contributed by atoms with Crippen molar-refractivity contribution in [1.29, 1.82) is 0 Å². The molecule has 19 heavy (non-hydrogen) atoms. The SMILES string of the molecule is CCc1sc2c(c1NC(=O)OC(C)(C)C)CCCC2. The minimum Gasteiger partial charge on any atom is -0.444 e. The molecule has 1 aliphatic rings. The fourth-order valence-corrected chi connectivity index (χ4v) is 3.71. The highest BCUT2D eigenvalue weighted by molar-refractivity contribution is 7.12. The number of rotatable bonds is 2. The van der Waals surface area contributed by atoms with Crippen LogP contribution in [0.5, 0.6) is 0 Å². The van der Waals surface area contributed by atoms with Crippen molar-refractivity contribution in [2.24, 2.45) is 0 Å². The van der Waals surface area contributed by atoms with Crippen molar-refractivity contribution in [2.45, 2.75) is 65.4 Å². The van der Waals surface area contributed by atoms with Crippen molar-refractivity contribution in [3.63, 3.8) is 0 Å². The highest BCUT2D eigenvalue weighted by Gasteiger charge is 2.23. The van der Waals surface area contributed by atoms with Crippen LogP contribution in [-0.2, 0) is 24.0 Å². The zero-order valence-corrected chi connectivity index (χ0v) is 13.1. The summed E-state index contributed by atoms with van der Waals surface area (Å²) in [7, 11) is 0. The molecular weight excluding hydrogens is 258 g/mol. The predicted octanol–water partition coefficient (Wildman–Crippen LogP) is 4.54. The Morgan fingerprint density at radius 1 is 1.32 bits per heavy atom. The number of hydrogen-bond donors (Lipinski definition) is 1. The smallest absolute Gasteiger partial charge is 0.412 e. The van der Waals surface area contributed by atoms with Crippen molar-refractivity contribution >= 4 is 23.1 Å². The van der Waals surface area contributed by atoms with Gasteiger partial charge in [0, 0.05) is 9.75 Å². The Kier molecular flexibility index (Phi) is 4.19. The van der Waals surface area contributed by atoms with Gasteiger partial charge in [-0.25, -0.2) is 4.79 Å². The summed E-state index contributed by atoms with van der Waals surface area (Å²) in [6.45, 7) is 7.79. The van der Waals surface area contributed by atoms with Crippen LogP contribution >= 0.6 is 11.3 Å². The Morgan fingerprint density at radius 3 is 2.63 bits per heavy atom. The lowest BCUT2D eigenvalue weighted by atomic mass is 9.97. The van der Waals surface area contributed by atoms with Gasteiger partial charge in [0.1, 0.15) is 5.60 Å². The van der Waals surface area contributed by atoms with Gasteiger partial charge in [0.25, 0.3) is 0 Å². The van der Waals surface area contributed by atoms with Crippen molar-refractivity contribution in [1.82, 2.24) is 0 Å². The summed E-state index contributed by atoms with van der Waals surface area (Å²) in [5.74, 6) is 0. The van der Waals surface area contributed by atoms with Gasteiger partial charge < -0.3 is 4.74 Å². The van der Waals surface area contributed by atoms with Crippen LogP contribution in [0.3, 0.4) is 0 Å². The van der Waals surface area contributed by atoms with Crippen LogP contribution < -0.4 is 5.32 Å². The van der Waals surface area contributed by atoms with Gasteiger partial charge in [0.2, 0.25) is 0 Å². The van der Waals surface area contributed by atoms with Crippen LogP contribution in [0, 0.1) is 0 Å². The number of ether oxygens (including phenoxy) is 1. The molecule has 0 aliphatic heterocycles. The zero-order chi connectivity index (χ0) is 14.0. The second-order valence-electron chi connectivity index (χ2n) is 5.99. The second kappa shape index (κ2) is 5.53. The number of hydrogen-bond acceptors (Lipinski definition) is 3. The maximum atomic E-state index is 12.0. The van der Waals surface area contributed by atoms with E-state index in [4.69, 9.17) is 4.74 Å². The number of aryl methyl sites for hydroxylation is 2. The van der Waals surface area contributed by atoms with E-state index in [9.17, 15) is 4.79 Å². The number of fused-ring (bicyclic) bond motifs is 1. The van der Waals surface area contributed by atoms with E-state index in [0.29, 0.717) is 0 Å². The molecule has 1 heterocycles. The molecule has 0 aromatic carbocycles. The van der Waals surface area contributed by atoms with E-state index >= 15 is 0 Å². The summed E-state index contributed by atoms with van der Waals surface area (Å²) < 4.78 is 5.36. The molecule has 0 atom stereocenters. The second-order valence-corrected chi connectivity index (χ2v) is 7.18. The summed E-state index contributed by atoms with van der Waals surface area (Å²) in [5, 5.41) is 2.98. The van der Waals surface area contributed by atoms with E-state index in [1.54, 1.807) is 0 Å². The van der Waals surface area contributed by atoms with Crippen LogP contribution in [0.25, 0.3) is 0 Å². The zero-order valence-electron chi connectivity index (χ0n) is 12.3. The lowest BCUT2D eigenvalue weighted by Gasteiger charge is -2.20. The topological polar surface area (TPSA) is 38.3 Å². The van der Waals surface area contributed by atoms with Gasteiger partial charge in [0.15, 0.2) is 0 Å². The summed E-state index contributed by atoms with van der Waals surface area (Å²) in [6, 6.07) is 0. The maximum absolute atomic E-state index is 12.0. The first kappa shape index (κ1) is 14.4. The first-order valence-corrected chi connectivity index (χ1v) is 7.85. The lowest BCUT2D eigenvalue weighted by Crippen LogP contribution is -2.27. The Morgan fingerprint density at radius 2 is 2.00 bits per heavy atom. The molecule has 0 bridgehead atoms. The molecule has 1 N–H and O–H groups in total. The third-order valence-corrected chi connectivity index (χ3v) is 4.63. The molecule has 1 aromatic heterocycles. The largest absolute Gasteiger partial charge is 0.444 e. The standard InChI is InChI=1S/C15H23NO2S/c1-5-11-13(16-14(17)18-15(2,3)4)10-8-6-7-9-12(10)19-11/h5-9H2,1-4H3,(H,16,17). The molecule has 4 heteroatoms. The summed E-state index contributed by atoms with van der Waals surface area (Å²) in [4.78, 5) is 14.7. The molecule has 1 aliphatic carbocycles. The quantitative estimate of drug-likeness (QED) is 0.864. The van der Waals surface area contributed by atoms with Gasteiger partial charge in [-0.2, -0.15) is 0 Å². The summed E-state index contributed by atoms with van der Waals surface area (Å²) in [5.41, 5.74) is 1.92. The average molecular weight is 281 g/mol. The summed E-state index contributed by atoms with van der Waals surface area (Å²) >= 11 is 1.85. The van der Waals surface area contributed by atoms with Crippen molar-refractivity contribution in [2.75, 3.05) is 5.32 Å². The number of nitrogens with one attached hydrogen (secondary N) is 1. The van der Waals surface area contributed by atoms with Crippen molar-refractivity contribution in [3.8, 4) is 0 Å². The van der Waals surface area contributed by atoms with Crippen LogP contribution in [0.2, 0.25) is 0 Å². The van der Waals surface area contributed by atoms with E-state index in [1.807, 2.05) is 32.1 Å². The first-order chi connectivity index (χ1) is 8.90. The number of thiophene rings is 1. The van der Waals surface area contributed by atoms with Crippen LogP contribution in [-0.4, -0.2) is 11.7 Å². The molecule has 3 nitrogen and oxygen atoms in total. The van der Waals surface area contributed by atoms with Gasteiger partial charge in [-0.05, 0) is 58.4 Å². The van der Waals surface area contributed by atoms with Gasteiger partial charge in [-0.3, -0.25) is 5.32 Å². The fourth-order valence-electron chi connectivity index (χ4n) is 2.42. The predicted molar refractivity (Wildman–Crippen MR) is 80.2 cm³/mol. The average Bonchev–Trinajstić information content (AvgIpc) is 2.65. The minimum absolute atomic E-state index is 0.339. The molecule has 0 saturated carbocycles. The third kappa shape index (κ3) is 3.50. The molecular formula is C15H23NO2S. The Hall–Kier alpha value is -1.03. The van der Waals surface area contributed by atoms with Crippen LogP contribution in [0.1, 0.15) is 55.9 Å². The van der Waals surface area contributed by atoms with Crippen LogP contribution in [0.4, 0.5) is 10.5 Å². The van der Waals surface area contributed by atoms with Gasteiger partial charge >= 0.3 is 6.09 Å². The Balaban J connectivity index is 2.19. The van der Waals surface area contributed by atoms with Gasteiger partial charge in [0.05, 0.1) is 5.69 Å². The molecule has 0 radical (unpaired) electrons. The van der Waals surface area contributed by atoms with E-state index in [2.05, 4.69) is 12.2 Å². The van der Waals surface area contributed by atoms with E-state index in [1.165, 1.54) is 28.2 Å². The van der Waals surface area contributed by atoms with Crippen molar-refractivity contribution in [3.05, 3.63) is 15.3 Å². The molecule has 2 rings (SSSR count). The Labute approximate surface area is 119 Å². The van der Waals surface area contributed by atoms with Gasteiger partial charge in [-0.1, -0.05) is 6.92 Å². The lowest BCUT2D eigenvalue weighted by molar-refractivity contribution is 0.0635. The molecule has 0 spiro atoms. The number of anilines is 1. The number of amides is 1. The molecule has 1 amide bonds. The number of carbonyl (C=O) groups is 1. The minimum atomic E-state index is -0.452. The van der Waals surface area contributed by atoms with Gasteiger partial charge in [-0.15, -0.1) is 11.3 Å². The van der Waals surface area contributed by atoms with E-state index in [-0.39, 0.29) is 6.09 Å². The number of carbonyl (C=O) groups excluding carboxylic acids is 1.